The zero-order valence-corrected chi connectivity index (χ0v) is 13.4. The number of hydrogen-bond acceptors (Lipinski definition) is 3. The molecule has 0 saturated carbocycles. The Hall–Kier alpha value is -1.42. The van der Waals surface area contributed by atoms with Crippen LogP contribution in [0.4, 0.5) is 11.5 Å². The van der Waals surface area contributed by atoms with Crippen molar-refractivity contribution < 1.29 is 0 Å². The molecule has 1 aromatic heterocycles. The van der Waals surface area contributed by atoms with Crippen LogP contribution in [0.3, 0.4) is 0 Å². The van der Waals surface area contributed by atoms with Gasteiger partial charge in [-0.15, -0.1) is 0 Å². The van der Waals surface area contributed by atoms with Gasteiger partial charge in [0.2, 0.25) is 0 Å². The number of hydrogen-bond donors (Lipinski definition) is 0. The molecule has 2 heterocycles. The second-order valence-corrected chi connectivity index (χ2v) is 6.18. The van der Waals surface area contributed by atoms with Crippen molar-refractivity contribution in [3.8, 4) is 0 Å². The molecular weight excluding hydrogens is 314 g/mol. The molecule has 0 amide bonds. The van der Waals surface area contributed by atoms with E-state index >= 15 is 0 Å². The SMILES string of the molecule is CCc1nc(Br)cc(N2CC(C)Cc3ccccc32)n1. The molecule has 20 heavy (non-hydrogen) atoms. The first kappa shape index (κ1) is 13.6. The summed E-state index contributed by atoms with van der Waals surface area (Å²) < 4.78 is 0.857. The van der Waals surface area contributed by atoms with Gasteiger partial charge in [-0.25, -0.2) is 9.97 Å². The summed E-state index contributed by atoms with van der Waals surface area (Å²) in [5, 5.41) is 0. The Bertz CT molecular complexity index is 627. The number of aryl methyl sites for hydroxylation is 1. The molecule has 3 nitrogen and oxygen atoms in total. The quantitative estimate of drug-likeness (QED) is 0.774. The van der Waals surface area contributed by atoms with Gasteiger partial charge < -0.3 is 4.90 Å². The molecule has 1 aliphatic heterocycles. The lowest BCUT2D eigenvalue weighted by molar-refractivity contribution is 0.559. The molecule has 1 aliphatic rings. The van der Waals surface area contributed by atoms with E-state index in [2.05, 4.69) is 63.9 Å². The summed E-state index contributed by atoms with van der Waals surface area (Å²) in [7, 11) is 0. The zero-order valence-electron chi connectivity index (χ0n) is 11.8. The van der Waals surface area contributed by atoms with Crippen molar-refractivity contribution in [2.45, 2.75) is 26.7 Å². The van der Waals surface area contributed by atoms with Gasteiger partial charge in [0.05, 0.1) is 0 Å². The van der Waals surface area contributed by atoms with Crippen LogP contribution in [0, 0.1) is 5.92 Å². The average molecular weight is 332 g/mol. The molecule has 0 aliphatic carbocycles. The van der Waals surface area contributed by atoms with Gasteiger partial charge in [0.25, 0.3) is 0 Å². The minimum atomic E-state index is 0.628. The summed E-state index contributed by atoms with van der Waals surface area (Å²) in [4.78, 5) is 11.4. The summed E-state index contributed by atoms with van der Waals surface area (Å²) in [6, 6.07) is 10.6. The number of halogens is 1. The van der Waals surface area contributed by atoms with Gasteiger partial charge in [0.15, 0.2) is 0 Å². The summed E-state index contributed by atoms with van der Waals surface area (Å²) in [5.74, 6) is 2.50. The van der Waals surface area contributed by atoms with E-state index in [1.54, 1.807) is 0 Å². The van der Waals surface area contributed by atoms with Crippen molar-refractivity contribution >= 4 is 27.4 Å². The molecule has 1 aromatic carbocycles. The summed E-state index contributed by atoms with van der Waals surface area (Å²) in [5.41, 5.74) is 2.68. The third kappa shape index (κ3) is 2.57. The van der Waals surface area contributed by atoms with Crippen molar-refractivity contribution in [2.24, 2.45) is 5.92 Å². The third-order valence-corrected chi connectivity index (χ3v) is 4.07. The molecule has 0 spiro atoms. The van der Waals surface area contributed by atoms with Crippen LogP contribution in [0.1, 0.15) is 25.2 Å². The first-order chi connectivity index (χ1) is 9.67. The van der Waals surface area contributed by atoms with E-state index in [4.69, 9.17) is 4.98 Å². The Balaban J connectivity index is 2.08. The Morgan fingerprint density at radius 1 is 1.30 bits per heavy atom. The van der Waals surface area contributed by atoms with Gasteiger partial charge in [-0.2, -0.15) is 0 Å². The average Bonchev–Trinajstić information content (AvgIpc) is 2.45. The second kappa shape index (κ2) is 5.52. The molecule has 0 radical (unpaired) electrons. The summed E-state index contributed by atoms with van der Waals surface area (Å²) >= 11 is 3.50. The van der Waals surface area contributed by atoms with Crippen LogP contribution in [-0.4, -0.2) is 16.5 Å². The number of benzene rings is 1. The molecule has 0 fully saturated rings. The molecule has 0 saturated heterocycles. The number of anilines is 2. The fourth-order valence-electron chi connectivity index (χ4n) is 2.76. The third-order valence-electron chi connectivity index (χ3n) is 3.67. The largest absolute Gasteiger partial charge is 0.326 e. The van der Waals surface area contributed by atoms with Crippen LogP contribution in [0.15, 0.2) is 34.9 Å². The van der Waals surface area contributed by atoms with Crippen molar-refractivity contribution in [1.82, 2.24) is 9.97 Å². The van der Waals surface area contributed by atoms with E-state index in [9.17, 15) is 0 Å². The van der Waals surface area contributed by atoms with Crippen LogP contribution in [0.25, 0.3) is 0 Å². The molecule has 0 bridgehead atoms. The van der Waals surface area contributed by atoms with Crippen LogP contribution >= 0.6 is 15.9 Å². The fourth-order valence-corrected chi connectivity index (χ4v) is 3.17. The number of aromatic nitrogens is 2. The first-order valence-electron chi connectivity index (χ1n) is 7.06. The molecule has 0 N–H and O–H groups in total. The monoisotopic (exact) mass is 331 g/mol. The lowest BCUT2D eigenvalue weighted by atomic mass is 9.94. The van der Waals surface area contributed by atoms with Crippen molar-refractivity contribution in [2.75, 3.05) is 11.4 Å². The Kier molecular flexibility index (Phi) is 3.74. The predicted octanol–water partition coefficient (Wildman–Crippen LogP) is 4.13. The maximum absolute atomic E-state index is 4.69. The lowest BCUT2D eigenvalue weighted by Gasteiger charge is -2.34. The Labute approximate surface area is 128 Å². The van der Waals surface area contributed by atoms with Crippen LogP contribution in [-0.2, 0) is 12.8 Å². The molecule has 4 heteroatoms. The van der Waals surface area contributed by atoms with Gasteiger partial charge in [-0.1, -0.05) is 32.0 Å². The minimum Gasteiger partial charge on any atom is -0.326 e. The van der Waals surface area contributed by atoms with E-state index in [-0.39, 0.29) is 0 Å². The van der Waals surface area contributed by atoms with E-state index in [0.29, 0.717) is 5.92 Å². The zero-order chi connectivity index (χ0) is 14.1. The van der Waals surface area contributed by atoms with Crippen molar-refractivity contribution in [1.29, 1.82) is 0 Å². The van der Waals surface area contributed by atoms with Gasteiger partial charge in [0.1, 0.15) is 16.2 Å². The standard InChI is InChI=1S/C16H18BrN3/c1-3-15-18-14(17)9-16(19-15)20-10-11(2)8-12-6-4-5-7-13(12)20/h4-7,9,11H,3,8,10H2,1-2H3. The van der Waals surface area contributed by atoms with Gasteiger partial charge in [0, 0.05) is 24.7 Å². The van der Waals surface area contributed by atoms with E-state index < -0.39 is 0 Å². The van der Waals surface area contributed by atoms with Gasteiger partial charge >= 0.3 is 0 Å². The van der Waals surface area contributed by atoms with E-state index in [0.717, 1.165) is 35.6 Å². The van der Waals surface area contributed by atoms with E-state index in [1.807, 2.05) is 6.07 Å². The molecule has 2 aromatic rings. The number of para-hydroxylation sites is 1. The van der Waals surface area contributed by atoms with E-state index in [1.165, 1.54) is 11.3 Å². The van der Waals surface area contributed by atoms with Gasteiger partial charge in [-0.3, -0.25) is 0 Å². The first-order valence-corrected chi connectivity index (χ1v) is 7.85. The smallest absolute Gasteiger partial charge is 0.137 e. The predicted molar refractivity (Wildman–Crippen MR) is 85.4 cm³/mol. The van der Waals surface area contributed by atoms with Gasteiger partial charge in [-0.05, 0) is 39.9 Å². The second-order valence-electron chi connectivity index (χ2n) is 5.37. The Morgan fingerprint density at radius 3 is 2.90 bits per heavy atom. The summed E-state index contributed by atoms with van der Waals surface area (Å²) in [6.07, 6.45) is 1.98. The molecule has 1 atom stereocenters. The molecular formula is C16H18BrN3. The van der Waals surface area contributed by atoms with Crippen molar-refractivity contribution in [3.05, 3.63) is 46.3 Å². The number of fused-ring (bicyclic) bond motifs is 1. The maximum atomic E-state index is 4.69. The normalized spacial score (nSPS) is 17.9. The van der Waals surface area contributed by atoms with Crippen LogP contribution in [0.5, 0.6) is 0 Å². The fraction of sp³-hybridized carbons (Fsp3) is 0.375. The molecule has 3 rings (SSSR count). The number of nitrogens with zero attached hydrogens (tertiary/aromatic N) is 3. The van der Waals surface area contributed by atoms with Crippen LogP contribution < -0.4 is 4.90 Å². The maximum Gasteiger partial charge on any atom is 0.137 e. The van der Waals surface area contributed by atoms with Crippen molar-refractivity contribution in [3.63, 3.8) is 0 Å². The highest BCUT2D eigenvalue weighted by atomic mass is 79.9. The van der Waals surface area contributed by atoms with Crippen LogP contribution in [0.2, 0.25) is 0 Å². The lowest BCUT2D eigenvalue weighted by Crippen LogP contribution is -2.31. The highest BCUT2D eigenvalue weighted by molar-refractivity contribution is 9.10. The molecule has 104 valence electrons. The summed E-state index contributed by atoms with van der Waals surface area (Å²) in [6.45, 7) is 5.38. The topological polar surface area (TPSA) is 29.0 Å². The Morgan fingerprint density at radius 2 is 2.10 bits per heavy atom. The highest BCUT2D eigenvalue weighted by Crippen LogP contribution is 2.34. The minimum absolute atomic E-state index is 0.628. The number of rotatable bonds is 2. The molecule has 1 unspecified atom stereocenters. The highest BCUT2D eigenvalue weighted by Gasteiger charge is 2.23.